The van der Waals surface area contributed by atoms with E-state index in [9.17, 15) is 0 Å². The molecule has 0 N–H and O–H groups in total. The Morgan fingerprint density at radius 1 is 0.800 bits per heavy atom. The van der Waals surface area contributed by atoms with E-state index in [4.69, 9.17) is 21.6 Å². The average molecular weight is 546 g/mol. The quantitative estimate of drug-likeness (QED) is 0.249. The van der Waals surface area contributed by atoms with Gasteiger partial charge in [-0.2, -0.15) is 0 Å². The summed E-state index contributed by atoms with van der Waals surface area (Å²) in [7, 11) is 0. The highest BCUT2D eigenvalue weighted by Crippen LogP contribution is 2.39. The van der Waals surface area contributed by atoms with E-state index in [0.29, 0.717) is 11.5 Å². The van der Waals surface area contributed by atoms with Crippen LogP contribution in [0.1, 0.15) is 5.56 Å². The van der Waals surface area contributed by atoms with Gasteiger partial charge in [-0.25, -0.2) is 15.0 Å². The monoisotopic (exact) mass is 544 g/mol. The second-order valence-electron chi connectivity index (χ2n) is 7.61. The lowest BCUT2D eigenvalue weighted by atomic mass is 10.1. The topological polar surface area (TPSA) is 67.7 Å². The van der Waals surface area contributed by atoms with Gasteiger partial charge >= 0.3 is 0 Å². The number of pyridine rings is 1. The maximum atomic E-state index is 6.23. The van der Waals surface area contributed by atoms with Crippen molar-refractivity contribution in [3.8, 4) is 22.6 Å². The number of halogens is 4. The Balaban J connectivity index is 0.00000114. The van der Waals surface area contributed by atoms with Crippen LogP contribution >= 0.6 is 48.8 Å². The third-order valence-electron chi connectivity index (χ3n) is 5.66. The summed E-state index contributed by atoms with van der Waals surface area (Å²) in [5, 5.41) is 1.73. The van der Waals surface area contributed by atoms with E-state index in [-0.39, 0.29) is 37.2 Å². The van der Waals surface area contributed by atoms with Crippen LogP contribution in [0.2, 0.25) is 5.02 Å². The normalized spacial score (nSPS) is 11.7. The summed E-state index contributed by atoms with van der Waals surface area (Å²) < 4.78 is 0. The standard InChI is InChI=1S/C25H17ClN6.3ClH/c26-19-4-6-23-17(12-19)7-11-32(23)25-20-5-3-16(18-2-1-8-27-14-18)13-21(20)30-24(31-25)22-15-28-9-10-29-22;;;/h1-6,8-10,12-15H,7,11H2;3*1H. The second-order valence-corrected chi connectivity index (χ2v) is 8.05. The molecule has 0 bridgehead atoms. The lowest BCUT2D eigenvalue weighted by molar-refractivity contribution is 0.974. The van der Waals surface area contributed by atoms with E-state index >= 15 is 0 Å². The molecule has 0 amide bonds. The first-order valence-electron chi connectivity index (χ1n) is 10.3. The highest BCUT2D eigenvalue weighted by molar-refractivity contribution is 6.30. The van der Waals surface area contributed by atoms with Gasteiger partial charge in [0.1, 0.15) is 11.5 Å². The zero-order chi connectivity index (χ0) is 21.5. The lowest BCUT2D eigenvalue weighted by Gasteiger charge is -2.21. The number of rotatable bonds is 3. The Morgan fingerprint density at radius 2 is 1.66 bits per heavy atom. The van der Waals surface area contributed by atoms with Gasteiger partial charge in [-0.15, -0.1) is 37.2 Å². The molecular formula is C25H20Cl4N6. The molecule has 2 aromatic carbocycles. The molecule has 35 heavy (non-hydrogen) atoms. The summed E-state index contributed by atoms with van der Waals surface area (Å²) >= 11 is 6.23. The van der Waals surface area contributed by atoms with Crippen LogP contribution in [0.15, 0.2) is 79.5 Å². The number of hydrogen-bond donors (Lipinski definition) is 0. The molecule has 4 heterocycles. The van der Waals surface area contributed by atoms with Crippen molar-refractivity contribution in [1.29, 1.82) is 0 Å². The Labute approximate surface area is 226 Å². The SMILES string of the molecule is Cl.Cl.Cl.Clc1ccc2c(c1)CCN2c1nc(-c2cnccn2)nc2cc(-c3cccnc3)ccc12. The first-order chi connectivity index (χ1) is 15.8. The Morgan fingerprint density at radius 3 is 2.43 bits per heavy atom. The molecule has 5 aromatic rings. The van der Waals surface area contributed by atoms with Crippen LogP contribution in [0, 0.1) is 0 Å². The summed E-state index contributed by atoms with van der Waals surface area (Å²) in [5.41, 5.74) is 5.91. The molecular weight excluding hydrogens is 526 g/mol. The van der Waals surface area contributed by atoms with E-state index in [0.717, 1.165) is 51.5 Å². The number of nitrogens with zero attached hydrogens (tertiary/aromatic N) is 6. The number of aromatic nitrogens is 5. The number of anilines is 2. The molecule has 6 nitrogen and oxygen atoms in total. The fourth-order valence-electron chi connectivity index (χ4n) is 4.15. The Kier molecular flexibility index (Phi) is 8.46. The van der Waals surface area contributed by atoms with Crippen LogP contribution in [-0.2, 0) is 6.42 Å². The second kappa shape index (κ2) is 11.1. The van der Waals surface area contributed by atoms with E-state index in [1.54, 1.807) is 24.8 Å². The van der Waals surface area contributed by atoms with Crippen LogP contribution < -0.4 is 4.90 Å². The molecule has 6 rings (SSSR count). The molecule has 0 saturated heterocycles. The molecule has 178 valence electrons. The van der Waals surface area contributed by atoms with Gasteiger partial charge in [0.25, 0.3) is 0 Å². The van der Waals surface area contributed by atoms with Crippen LogP contribution in [0.25, 0.3) is 33.5 Å². The van der Waals surface area contributed by atoms with Gasteiger partial charge in [0, 0.05) is 53.0 Å². The smallest absolute Gasteiger partial charge is 0.182 e. The van der Waals surface area contributed by atoms with Gasteiger partial charge < -0.3 is 4.90 Å². The molecule has 0 fully saturated rings. The van der Waals surface area contributed by atoms with Crippen molar-refractivity contribution >= 4 is 71.2 Å². The highest BCUT2D eigenvalue weighted by atomic mass is 35.5. The predicted molar refractivity (Wildman–Crippen MR) is 148 cm³/mol. The Bertz CT molecular complexity index is 1450. The van der Waals surface area contributed by atoms with Gasteiger partial charge in [0.05, 0.1) is 11.7 Å². The summed E-state index contributed by atoms with van der Waals surface area (Å²) in [6.45, 7) is 0.825. The van der Waals surface area contributed by atoms with Gasteiger partial charge in [-0.05, 0) is 53.9 Å². The zero-order valence-corrected chi connectivity index (χ0v) is 21.4. The minimum atomic E-state index is 0. The first-order valence-corrected chi connectivity index (χ1v) is 10.7. The largest absolute Gasteiger partial charge is 0.325 e. The van der Waals surface area contributed by atoms with E-state index in [1.165, 1.54) is 5.56 Å². The predicted octanol–water partition coefficient (Wildman–Crippen LogP) is 6.76. The Hall–Kier alpha value is -3.03. The number of fused-ring (bicyclic) bond motifs is 2. The molecule has 0 radical (unpaired) electrons. The number of hydrogen-bond acceptors (Lipinski definition) is 6. The molecule has 0 unspecified atom stereocenters. The minimum absolute atomic E-state index is 0. The van der Waals surface area contributed by atoms with E-state index in [1.807, 2.05) is 30.5 Å². The van der Waals surface area contributed by atoms with Crippen molar-refractivity contribution in [3.63, 3.8) is 0 Å². The maximum absolute atomic E-state index is 6.23. The average Bonchev–Trinajstić information content (AvgIpc) is 3.27. The summed E-state index contributed by atoms with van der Waals surface area (Å²) in [5.74, 6) is 1.40. The van der Waals surface area contributed by atoms with Crippen LogP contribution in [0.4, 0.5) is 11.5 Å². The number of benzene rings is 2. The van der Waals surface area contributed by atoms with Crippen molar-refractivity contribution in [1.82, 2.24) is 24.9 Å². The molecule has 0 spiro atoms. The van der Waals surface area contributed by atoms with Crippen LogP contribution in [0.3, 0.4) is 0 Å². The molecule has 0 aliphatic carbocycles. The third kappa shape index (κ3) is 5.02. The molecule has 0 atom stereocenters. The van der Waals surface area contributed by atoms with E-state index in [2.05, 4.69) is 44.1 Å². The first kappa shape index (κ1) is 26.6. The highest BCUT2D eigenvalue weighted by Gasteiger charge is 2.25. The third-order valence-corrected chi connectivity index (χ3v) is 5.89. The fraction of sp³-hybridized carbons (Fsp3) is 0.0800. The molecule has 10 heteroatoms. The molecule has 0 saturated carbocycles. The van der Waals surface area contributed by atoms with Gasteiger partial charge in [-0.1, -0.05) is 23.7 Å². The van der Waals surface area contributed by atoms with E-state index < -0.39 is 0 Å². The summed E-state index contributed by atoms with van der Waals surface area (Å²) in [6.07, 6.45) is 9.53. The molecule has 1 aliphatic rings. The fourth-order valence-corrected chi connectivity index (χ4v) is 4.35. The van der Waals surface area contributed by atoms with Crippen molar-refractivity contribution in [2.24, 2.45) is 0 Å². The van der Waals surface area contributed by atoms with Crippen LogP contribution in [-0.4, -0.2) is 31.5 Å². The molecule has 1 aliphatic heterocycles. The van der Waals surface area contributed by atoms with Gasteiger partial charge in [0.2, 0.25) is 0 Å². The lowest BCUT2D eigenvalue weighted by Crippen LogP contribution is -2.16. The van der Waals surface area contributed by atoms with Crippen molar-refractivity contribution < 1.29 is 0 Å². The summed E-state index contributed by atoms with van der Waals surface area (Å²) in [4.78, 5) is 24.9. The maximum Gasteiger partial charge on any atom is 0.182 e. The summed E-state index contributed by atoms with van der Waals surface area (Å²) in [6, 6.07) is 16.2. The van der Waals surface area contributed by atoms with Gasteiger partial charge in [0.15, 0.2) is 5.82 Å². The van der Waals surface area contributed by atoms with Crippen molar-refractivity contribution in [3.05, 3.63) is 90.1 Å². The molecule has 3 aromatic heterocycles. The minimum Gasteiger partial charge on any atom is -0.325 e. The van der Waals surface area contributed by atoms with Crippen LogP contribution in [0.5, 0.6) is 0 Å². The zero-order valence-electron chi connectivity index (χ0n) is 18.2. The van der Waals surface area contributed by atoms with Crippen molar-refractivity contribution in [2.45, 2.75) is 6.42 Å². The van der Waals surface area contributed by atoms with Crippen molar-refractivity contribution in [2.75, 3.05) is 11.4 Å². The van der Waals surface area contributed by atoms with Gasteiger partial charge in [-0.3, -0.25) is 9.97 Å².